The van der Waals surface area contributed by atoms with Gasteiger partial charge in [0.1, 0.15) is 5.60 Å². The number of amides is 2. The van der Waals surface area contributed by atoms with E-state index in [0.717, 1.165) is 31.3 Å². The van der Waals surface area contributed by atoms with Crippen LogP contribution in [-0.2, 0) is 9.53 Å². The van der Waals surface area contributed by atoms with Crippen molar-refractivity contribution < 1.29 is 14.3 Å². The van der Waals surface area contributed by atoms with Crippen LogP contribution in [0, 0.1) is 0 Å². The van der Waals surface area contributed by atoms with Crippen LogP contribution in [0.4, 0.5) is 4.79 Å². The fraction of sp³-hybridized carbons (Fsp3) is 0.750. The average Bonchev–Trinajstić information content (AvgIpc) is 2.35. The van der Waals surface area contributed by atoms with Crippen LogP contribution in [0.15, 0.2) is 11.6 Å². The summed E-state index contributed by atoms with van der Waals surface area (Å²) < 4.78 is 5.27. The van der Waals surface area contributed by atoms with Gasteiger partial charge in [0.05, 0.1) is 0 Å². The van der Waals surface area contributed by atoms with E-state index in [1.165, 1.54) is 0 Å². The molecule has 0 aliphatic heterocycles. The number of rotatable bonds is 3. The van der Waals surface area contributed by atoms with E-state index >= 15 is 0 Å². The maximum atomic E-state index is 11.9. The number of hydrogen-bond donors (Lipinski definition) is 2. The van der Waals surface area contributed by atoms with Crippen molar-refractivity contribution in [2.24, 2.45) is 0 Å². The van der Waals surface area contributed by atoms with Gasteiger partial charge in [-0.1, -0.05) is 6.08 Å². The molecule has 0 heterocycles. The van der Waals surface area contributed by atoms with Crippen molar-refractivity contribution in [3.05, 3.63) is 11.6 Å². The Morgan fingerprint density at radius 2 is 1.71 bits per heavy atom. The lowest BCUT2D eigenvalue weighted by Gasteiger charge is -2.31. The van der Waals surface area contributed by atoms with Crippen LogP contribution in [0.2, 0.25) is 0 Å². The first-order chi connectivity index (χ1) is 9.71. The summed E-state index contributed by atoms with van der Waals surface area (Å²) in [7, 11) is 0. The lowest BCUT2D eigenvalue weighted by Crippen LogP contribution is -2.47. The van der Waals surface area contributed by atoms with E-state index < -0.39 is 5.60 Å². The van der Waals surface area contributed by atoms with E-state index in [-0.39, 0.29) is 24.1 Å². The van der Waals surface area contributed by atoms with Crippen LogP contribution >= 0.6 is 0 Å². The molecule has 0 aromatic heterocycles. The van der Waals surface area contributed by atoms with E-state index in [1.54, 1.807) is 13.0 Å². The van der Waals surface area contributed by atoms with Gasteiger partial charge in [0.25, 0.3) is 0 Å². The Balaban J connectivity index is 2.45. The molecule has 1 rings (SSSR count). The lowest BCUT2D eigenvalue weighted by molar-refractivity contribution is -0.118. The van der Waals surface area contributed by atoms with Gasteiger partial charge in [0.15, 0.2) is 0 Å². The number of carbonyl (C=O) groups is 2. The monoisotopic (exact) mass is 296 g/mol. The van der Waals surface area contributed by atoms with Crippen molar-refractivity contribution >= 4 is 12.0 Å². The summed E-state index contributed by atoms with van der Waals surface area (Å²) in [6.45, 7) is 9.18. The van der Waals surface area contributed by atoms with Gasteiger partial charge in [-0.3, -0.25) is 4.79 Å². The quantitative estimate of drug-likeness (QED) is 0.787. The van der Waals surface area contributed by atoms with E-state index in [0.29, 0.717) is 0 Å². The Bertz CT molecular complexity index is 410. The van der Waals surface area contributed by atoms with Crippen molar-refractivity contribution in [3.63, 3.8) is 0 Å². The summed E-state index contributed by atoms with van der Waals surface area (Å²) in [6.07, 6.45) is 5.03. The van der Waals surface area contributed by atoms with Crippen molar-refractivity contribution in [2.45, 2.75) is 78.0 Å². The second-order valence-electron chi connectivity index (χ2n) is 6.65. The molecule has 0 aromatic carbocycles. The van der Waals surface area contributed by atoms with Gasteiger partial charge < -0.3 is 15.4 Å². The number of hydrogen-bond acceptors (Lipinski definition) is 3. The normalized spacial score (nSPS) is 23.4. The van der Waals surface area contributed by atoms with Crippen molar-refractivity contribution in [1.82, 2.24) is 10.6 Å². The molecule has 1 aliphatic rings. The first-order valence-corrected chi connectivity index (χ1v) is 7.64. The second-order valence-corrected chi connectivity index (χ2v) is 6.65. The fourth-order valence-corrected chi connectivity index (χ4v) is 2.36. The van der Waals surface area contributed by atoms with Gasteiger partial charge in [0.2, 0.25) is 5.91 Å². The molecule has 0 unspecified atom stereocenters. The zero-order chi connectivity index (χ0) is 16.0. The van der Waals surface area contributed by atoms with Crippen molar-refractivity contribution in [2.75, 3.05) is 0 Å². The van der Waals surface area contributed by atoms with Crippen LogP contribution in [0.1, 0.15) is 60.3 Å². The lowest BCUT2D eigenvalue weighted by atomic mass is 9.91. The highest BCUT2D eigenvalue weighted by molar-refractivity contribution is 5.92. The molecule has 2 amide bonds. The third-order valence-electron chi connectivity index (χ3n) is 3.52. The topological polar surface area (TPSA) is 67.4 Å². The Kier molecular flexibility index (Phi) is 6.24. The van der Waals surface area contributed by atoms with Crippen LogP contribution in [0.25, 0.3) is 0 Å². The minimum atomic E-state index is -0.491. The highest BCUT2D eigenvalue weighted by Gasteiger charge is 2.26. The molecule has 0 saturated heterocycles. The molecule has 5 nitrogen and oxygen atoms in total. The molecule has 1 fully saturated rings. The number of allylic oxidation sites excluding steroid dienone is 1. The molecular formula is C16H28N2O3. The minimum absolute atomic E-state index is 0.0274. The molecular weight excluding hydrogens is 268 g/mol. The third kappa shape index (κ3) is 6.65. The van der Waals surface area contributed by atoms with E-state index in [4.69, 9.17) is 4.74 Å². The molecule has 2 N–H and O–H groups in total. The summed E-state index contributed by atoms with van der Waals surface area (Å²) in [5, 5.41) is 5.92. The Labute approximate surface area is 127 Å². The highest BCUT2D eigenvalue weighted by atomic mass is 16.6. The van der Waals surface area contributed by atoms with Crippen LogP contribution in [0.3, 0.4) is 0 Å². The van der Waals surface area contributed by atoms with E-state index in [2.05, 4.69) is 10.6 Å². The van der Waals surface area contributed by atoms with Crippen LogP contribution < -0.4 is 10.6 Å². The van der Waals surface area contributed by atoms with Gasteiger partial charge in [-0.15, -0.1) is 0 Å². The number of alkyl carbamates (subject to hydrolysis) is 1. The van der Waals surface area contributed by atoms with Crippen molar-refractivity contribution in [1.29, 1.82) is 0 Å². The largest absolute Gasteiger partial charge is 0.444 e. The predicted octanol–water partition coefficient (Wildman–Crippen LogP) is 2.90. The van der Waals surface area contributed by atoms with Gasteiger partial charge >= 0.3 is 6.09 Å². The van der Waals surface area contributed by atoms with Gasteiger partial charge in [-0.2, -0.15) is 0 Å². The third-order valence-corrected chi connectivity index (χ3v) is 3.52. The van der Waals surface area contributed by atoms with Crippen LogP contribution in [0.5, 0.6) is 0 Å². The van der Waals surface area contributed by atoms with Gasteiger partial charge in [-0.05, 0) is 60.3 Å². The first-order valence-electron chi connectivity index (χ1n) is 7.64. The zero-order valence-electron chi connectivity index (χ0n) is 13.8. The molecule has 0 radical (unpaired) electrons. The standard InChI is InChI=1S/C16H28N2O3/c1-6-11(2)14(19)17-12-8-7-9-13(10-12)18-15(20)21-16(3,4)5/h6,12-13H,7-10H2,1-5H3,(H,17,19)(H,18,20)/b11-6+/t12-,13-/m0/s1. The zero-order valence-corrected chi connectivity index (χ0v) is 13.8. The molecule has 0 spiro atoms. The smallest absolute Gasteiger partial charge is 0.407 e. The molecule has 120 valence electrons. The molecule has 0 bridgehead atoms. The molecule has 1 saturated carbocycles. The molecule has 0 aromatic rings. The van der Waals surface area contributed by atoms with Gasteiger partial charge in [0, 0.05) is 17.7 Å². The number of carbonyl (C=O) groups excluding carboxylic acids is 2. The summed E-state index contributed by atoms with van der Waals surface area (Å²) in [5.41, 5.74) is 0.229. The summed E-state index contributed by atoms with van der Waals surface area (Å²) in [6, 6.07) is 0.172. The Morgan fingerprint density at radius 1 is 1.14 bits per heavy atom. The first kappa shape index (κ1) is 17.5. The highest BCUT2D eigenvalue weighted by Crippen LogP contribution is 2.19. The minimum Gasteiger partial charge on any atom is -0.444 e. The van der Waals surface area contributed by atoms with E-state index in [1.807, 2.05) is 27.7 Å². The Hall–Kier alpha value is -1.52. The predicted molar refractivity (Wildman–Crippen MR) is 83.0 cm³/mol. The number of nitrogens with one attached hydrogen (secondary N) is 2. The van der Waals surface area contributed by atoms with Crippen LogP contribution in [-0.4, -0.2) is 29.7 Å². The average molecular weight is 296 g/mol. The maximum Gasteiger partial charge on any atom is 0.407 e. The summed E-state index contributed by atoms with van der Waals surface area (Å²) in [4.78, 5) is 23.6. The maximum absolute atomic E-state index is 11.9. The fourth-order valence-electron chi connectivity index (χ4n) is 2.36. The SMILES string of the molecule is C/C=C(\C)C(=O)N[C@H]1CCC[C@H](NC(=O)OC(C)(C)C)C1. The van der Waals surface area contributed by atoms with Crippen molar-refractivity contribution in [3.8, 4) is 0 Å². The number of ether oxygens (including phenoxy) is 1. The molecule has 2 atom stereocenters. The van der Waals surface area contributed by atoms with Gasteiger partial charge in [-0.25, -0.2) is 4.79 Å². The summed E-state index contributed by atoms with van der Waals surface area (Å²) >= 11 is 0. The Morgan fingerprint density at radius 3 is 2.24 bits per heavy atom. The molecule has 5 heteroatoms. The summed E-state index contributed by atoms with van der Waals surface area (Å²) in [5.74, 6) is -0.0274. The molecule has 21 heavy (non-hydrogen) atoms. The second kappa shape index (κ2) is 7.48. The molecule has 1 aliphatic carbocycles. The van der Waals surface area contributed by atoms with E-state index in [9.17, 15) is 9.59 Å².